The average molecular weight is 712 g/mol. The molecule has 2 saturated carbocycles. The van der Waals surface area contributed by atoms with Crippen molar-refractivity contribution < 1.29 is 42.2 Å². The van der Waals surface area contributed by atoms with Gasteiger partial charge in [-0.05, 0) is 86.9 Å². The number of carbonyl (C=O) groups is 4. The Morgan fingerprint density at radius 2 is 1.92 bits per heavy atom. The molecule has 2 aliphatic carbocycles. The highest BCUT2D eigenvalue weighted by Gasteiger charge is 2.62. The van der Waals surface area contributed by atoms with E-state index in [0.717, 1.165) is 11.8 Å². The Balaban J connectivity index is 1.32. The third-order valence-corrected chi connectivity index (χ3v) is 12.0. The van der Waals surface area contributed by atoms with Crippen molar-refractivity contribution in [3.63, 3.8) is 0 Å². The molecule has 6 rings (SSSR count). The minimum absolute atomic E-state index is 0.0236. The Morgan fingerprint density at radius 1 is 1.14 bits per heavy atom. The fourth-order valence-corrected chi connectivity index (χ4v) is 8.63. The SMILES string of the molecule is CCOc1ccc2c(O[C@@H]3C[C@H]4C(=O)N[C@]5(C(=O)NS(=O)(=O)C6CC6)C[C@H]5C=CCC[C@@H](C)C[C@@H](C)[C@H](NC(=O)O)C(=O)N4C3)nccc2c1. The summed E-state index contributed by atoms with van der Waals surface area (Å²) in [6, 6.07) is 5.01. The summed E-state index contributed by atoms with van der Waals surface area (Å²) in [7, 11) is -3.89. The first-order chi connectivity index (χ1) is 23.8. The second-order valence-electron chi connectivity index (χ2n) is 14.1. The fourth-order valence-electron chi connectivity index (χ4n) is 7.27. The lowest BCUT2D eigenvalue weighted by atomic mass is 9.88. The van der Waals surface area contributed by atoms with Gasteiger partial charge in [0.2, 0.25) is 27.7 Å². The first-order valence-corrected chi connectivity index (χ1v) is 18.9. The molecule has 0 unspecified atom stereocenters. The minimum atomic E-state index is -3.89. The molecule has 14 nitrogen and oxygen atoms in total. The monoisotopic (exact) mass is 711 g/mol. The van der Waals surface area contributed by atoms with Crippen LogP contribution in [0.2, 0.25) is 0 Å². The van der Waals surface area contributed by atoms with Crippen molar-refractivity contribution in [1.82, 2.24) is 25.2 Å². The summed E-state index contributed by atoms with van der Waals surface area (Å²) < 4.78 is 39.7. The van der Waals surface area contributed by atoms with Crippen LogP contribution in [0.25, 0.3) is 10.8 Å². The van der Waals surface area contributed by atoms with Crippen molar-refractivity contribution in [2.45, 2.75) is 94.7 Å². The van der Waals surface area contributed by atoms with Gasteiger partial charge in [0.1, 0.15) is 29.5 Å². The molecule has 4 N–H and O–H groups in total. The number of carbonyl (C=O) groups excluding carboxylic acids is 3. The molecular weight excluding hydrogens is 666 g/mol. The van der Waals surface area contributed by atoms with Crippen molar-refractivity contribution in [1.29, 1.82) is 0 Å². The van der Waals surface area contributed by atoms with Gasteiger partial charge < -0.3 is 30.1 Å². The molecule has 0 radical (unpaired) electrons. The van der Waals surface area contributed by atoms with Crippen LogP contribution in [0.3, 0.4) is 0 Å². The second-order valence-corrected chi connectivity index (χ2v) is 16.1. The van der Waals surface area contributed by atoms with Crippen LogP contribution in [-0.4, -0.2) is 89.4 Å². The van der Waals surface area contributed by atoms with E-state index in [0.29, 0.717) is 49.3 Å². The summed E-state index contributed by atoms with van der Waals surface area (Å²) in [5.41, 5.74) is -1.52. The van der Waals surface area contributed by atoms with Gasteiger partial charge >= 0.3 is 6.09 Å². The number of amides is 4. The molecule has 4 amide bonds. The van der Waals surface area contributed by atoms with E-state index >= 15 is 0 Å². The third-order valence-electron chi connectivity index (χ3n) is 10.2. The van der Waals surface area contributed by atoms with Gasteiger partial charge in [-0.1, -0.05) is 26.0 Å². The zero-order valence-electron chi connectivity index (χ0n) is 28.5. The summed E-state index contributed by atoms with van der Waals surface area (Å²) in [5.74, 6) is -1.78. The number of carboxylic acid groups (broad SMARTS) is 1. The fraction of sp³-hybridized carbons (Fsp3) is 0.571. The maximum Gasteiger partial charge on any atom is 0.405 e. The summed E-state index contributed by atoms with van der Waals surface area (Å²) in [6.45, 7) is 6.19. The number of rotatable bonds is 8. The van der Waals surface area contributed by atoms with Crippen LogP contribution in [0.5, 0.6) is 11.6 Å². The van der Waals surface area contributed by atoms with E-state index in [1.54, 1.807) is 12.3 Å². The molecule has 4 aliphatic rings. The predicted molar refractivity (Wildman–Crippen MR) is 183 cm³/mol. The highest BCUT2D eigenvalue weighted by atomic mass is 32.2. The van der Waals surface area contributed by atoms with E-state index in [-0.39, 0.29) is 25.3 Å². The predicted octanol–water partition coefficient (Wildman–Crippen LogP) is 3.11. The maximum absolute atomic E-state index is 14.3. The zero-order chi connectivity index (χ0) is 35.8. The Labute approximate surface area is 291 Å². The van der Waals surface area contributed by atoms with Gasteiger partial charge in [0.25, 0.3) is 5.91 Å². The Morgan fingerprint density at radius 3 is 2.64 bits per heavy atom. The first kappa shape index (κ1) is 35.4. The smallest absolute Gasteiger partial charge is 0.405 e. The summed E-state index contributed by atoms with van der Waals surface area (Å²) in [6.07, 6.45) is 6.39. The maximum atomic E-state index is 14.3. The molecule has 3 heterocycles. The average Bonchev–Trinajstić information content (AvgIpc) is 3.98. The number of hydrogen-bond donors (Lipinski definition) is 4. The number of allylic oxidation sites excluding steroid dienone is 1. The molecule has 270 valence electrons. The van der Waals surface area contributed by atoms with Gasteiger partial charge in [0.15, 0.2) is 0 Å². The van der Waals surface area contributed by atoms with Crippen molar-refractivity contribution in [2.24, 2.45) is 17.8 Å². The number of aromatic nitrogens is 1. The van der Waals surface area contributed by atoms with Crippen LogP contribution < -0.4 is 24.8 Å². The molecule has 2 aromatic rings. The standard InChI is InChI=1S/C35H45N5O9S/c1-4-48-24-9-12-27-22(16-24)13-14-36-31(27)49-25-17-28-30(41)38-35(33(43)39-50(46,47)26-10-11-26)18-23(35)8-6-5-7-20(2)15-21(3)29(37-34(44)45)32(42)40(28)19-25/h6,8-9,12-14,16,20-21,23,25-26,28-29,37H,4-5,7,10-11,15,17-19H2,1-3H3,(H,38,41)(H,39,43)(H,44,45)/t20-,21-,23-,25-,28+,29+,35-/m1/s1. The molecule has 50 heavy (non-hydrogen) atoms. The van der Waals surface area contributed by atoms with E-state index in [1.807, 2.05) is 51.1 Å². The zero-order valence-corrected chi connectivity index (χ0v) is 29.3. The van der Waals surface area contributed by atoms with Crippen LogP contribution in [0.1, 0.15) is 65.7 Å². The molecule has 0 spiro atoms. The van der Waals surface area contributed by atoms with Crippen molar-refractivity contribution in [3.05, 3.63) is 42.6 Å². The van der Waals surface area contributed by atoms with Crippen molar-refractivity contribution in [2.75, 3.05) is 13.2 Å². The molecule has 1 aromatic carbocycles. The van der Waals surface area contributed by atoms with Crippen LogP contribution >= 0.6 is 0 Å². The first-order valence-electron chi connectivity index (χ1n) is 17.3. The van der Waals surface area contributed by atoms with E-state index in [4.69, 9.17) is 9.47 Å². The molecular formula is C35H45N5O9S. The van der Waals surface area contributed by atoms with Crippen molar-refractivity contribution in [3.8, 4) is 11.6 Å². The number of hydrogen-bond acceptors (Lipinski definition) is 9. The molecule has 1 saturated heterocycles. The van der Waals surface area contributed by atoms with Crippen molar-refractivity contribution >= 4 is 44.6 Å². The van der Waals surface area contributed by atoms with E-state index < -0.39 is 74.7 Å². The molecule has 1 aromatic heterocycles. The number of nitrogens with zero attached hydrogens (tertiary/aromatic N) is 2. The molecule has 2 aliphatic heterocycles. The number of nitrogens with one attached hydrogen (secondary N) is 3. The second kappa shape index (κ2) is 14.1. The van der Waals surface area contributed by atoms with Gasteiger partial charge in [-0.25, -0.2) is 18.2 Å². The van der Waals surface area contributed by atoms with Gasteiger partial charge in [0.05, 0.1) is 18.4 Å². The number of fused-ring (bicyclic) bond motifs is 3. The number of ether oxygens (including phenoxy) is 2. The van der Waals surface area contributed by atoms with Gasteiger partial charge in [-0.2, -0.15) is 0 Å². The van der Waals surface area contributed by atoms with Crippen LogP contribution in [-0.2, 0) is 24.4 Å². The Bertz CT molecular complexity index is 1800. The summed E-state index contributed by atoms with van der Waals surface area (Å²) in [5, 5.41) is 15.8. The lowest BCUT2D eigenvalue weighted by molar-refractivity contribution is -0.142. The topological polar surface area (TPSA) is 193 Å². The lowest BCUT2D eigenvalue weighted by Gasteiger charge is -2.32. The highest BCUT2D eigenvalue weighted by molar-refractivity contribution is 7.91. The van der Waals surface area contributed by atoms with E-state index in [2.05, 4.69) is 20.3 Å². The quantitative estimate of drug-likeness (QED) is 0.296. The van der Waals surface area contributed by atoms with Crippen LogP contribution in [0.15, 0.2) is 42.6 Å². The van der Waals surface area contributed by atoms with Gasteiger partial charge in [-0.15, -0.1) is 0 Å². The summed E-state index contributed by atoms with van der Waals surface area (Å²) >= 11 is 0. The normalized spacial score (nSPS) is 30.3. The Hall–Kier alpha value is -4.40. The van der Waals surface area contributed by atoms with Crippen LogP contribution in [0, 0.1) is 17.8 Å². The largest absolute Gasteiger partial charge is 0.494 e. The molecule has 0 bridgehead atoms. The van der Waals surface area contributed by atoms with Crippen LogP contribution in [0.4, 0.5) is 4.79 Å². The molecule has 7 atom stereocenters. The van der Waals surface area contributed by atoms with E-state index in [1.165, 1.54) is 4.90 Å². The Kier molecular flexibility index (Phi) is 9.98. The number of sulfonamides is 1. The number of benzene rings is 1. The third kappa shape index (κ3) is 7.52. The van der Waals surface area contributed by atoms with Gasteiger partial charge in [-0.3, -0.25) is 19.1 Å². The lowest BCUT2D eigenvalue weighted by Crippen LogP contribution is -2.59. The summed E-state index contributed by atoms with van der Waals surface area (Å²) in [4.78, 5) is 59.9. The number of pyridine rings is 1. The van der Waals surface area contributed by atoms with E-state index in [9.17, 15) is 32.7 Å². The molecule has 3 fully saturated rings. The molecule has 15 heteroatoms. The highest BCUT2D eigenvalue weighted by Crippen LogP contribution is 2.46. The minimum Gasteiger partial charge on any atom is -0.494 e. The van der Waals surface area contributed by atoms with Gasteiger partial charge in [0, 0.05) is 23.9 Å².